The van der Waals surface area contributed by atoms with Gasteiger partial charge in [0.05, 0.1) is 6.42 Å². The minimum atomic E-state index is -1.96. The molecule has 1 N–H and O–H groups in total. The summed E-state index contributed by atoms with van der Waals surface area (Å²) in [5.74, 6) is -0.739. The maximum atomic E-state index is 10.5. The van der Waals surface area contributed by atoms with E-state index in [-0.39, 0.29) is 6.42 Å². The molecule has 0 bridgehead atoms. The molecule has 17 heavy (non-hydrogen) atoms. The molecule has 0 aromatic carbocycles. The second kappa shape index (κ2) is 8.63. The summed E-state index contributed by atoms with van der Waals surface area (Å²) in [6.07, 6.45) is 1.19. The van der Waals surface area contributed by atoms with Crippen LogP contribution in [0.25, 0.3) is 0 Å². The van der Waals surface area contributed by atoms with Gasteiger partial charge in [0.2, 0.25) is 0 Å². The molecule has 0 fully saturated rings. The minimum Gasteiger partial charge on any atom is -0.481 e. The van der Waals surface area contributed by atoms with Crippen LogP contribution in [0.4, 0.5) is 0 Å². The number of hydrogen-bond donors (Lipinski definition) is 1. The van der Waals surface area contributed by atoms with Crippen molar-refractivity contribution in [2.24, 2.45) is 0 Å². The van der Waals surface area contributed by atoms with E-state index in [0.717, 1.165) is 25.6 Å². The van der Waals surface area contributed by atoms with E-state index in [2.05, 4.69) is 4.90 Å². The van der Waals surface area contributed by atoms with Gasteiger partial charge in [-0.3, -0.25) is 4.79 Å². The van der Waals surface area contributed by atoms with E-state index in [0.29, 0.717) is 6.54 Å². The Morgan fingerprint density at radius 2 is 1.88 bits per heavy atom. The summed E-state index contributed by atoms with van der Waals surface area (Å²) in [5, 5.41) is 8.63. The van der Waals surface area contributed by atoms with Crippen LogP contribution in [-0.4, -0.2) is 58.4 Å². The summed E-state index contributed by atoms with van der Waals surface area (Å²) in [6.45, 7) is 6.49. The lowest BCUT2D eigenvalue weighted by molar-refractivity contribution is -0.137. The molecule has 0 saturated carbocycles. The number of hydrogen-bond acceptors (Lipinski definition) is 4. The normalized spacial score (nSPS) is 12.1. The summed E-state index contributed by atoms with van der Waals surface area (Å²) >= 11 is 0. The van der Waals surface area contributed by atoms with E-state index < -0.39 is 14.5 Å². The number of nitrogens with zero attached hydrogens (tertiary/aromatic N) is 1. The molecule has 0 aromatic heterocycles. The third-order valence-corrected chi connectivity index (χ3v) is 6.05. The lowest BCUT2D eigenvalue weighted by atomic mass is 10.3. The molecule has 5 nitrogen and oxygen atoms in total. The Labute approximate surface area is 105 Å². The molecule has 0 aliphatic heterocycles. The molecule has 0 spiro atoms. The first-order valence-electron chi connectivity index (χ1n) is 6.02. The van der Waals surface area contributed by atoms with E-state index in [1.807, 2.05) is 13.5 Å². The van der Waals surface area contributed by atoms with Crippen LogP contribution < -0.4 is 0 Å². The van der Waals surface area contributed by atoms with Crippen LogP contribution >= 0.6 is 0 Å². The Morgan fingerprint density at radius 1 is 1.29 bits per heavy atom. The zero-order valence-electron chi connectivity index (χ0n) is 11.4. The van der Waals surface area contributed by atoms with Gasteiger partial charge in [-0.1, -0.05) is 6.92 Å². The van der Waals surface area contributed by atoms with E-state index >= 15 is 0 Å². The number of carbonyl (C=O) groups is 1. The highest BCUT2D eigenvalue weighted by Crippen LogP contribution is 2.14. The van der Waals surface area contributed by atoms with Crippen LogP contribution in [0, 0.1) is 0 Å². The van der Waals surface area contributed by atoms with Crippen LogP contribution in [0.3, 0.4) is 0 Å². The second-order valence-electron chi connectivity index (χ2n) is 4.22. The average molecular weight is 263 g/mol. The van der Waals surface area contributed by atoms with Crippen LogP contribution in [0.1, 0.15) is 19.8 Å². The fraction of sp³-hybridized carbons (Fsp3) is 0.909. The van der Waals surface area contributed by atoms with Crippen LogP contribution in [-0.2, 0) is 13.6 Å². The van der Waals surface area contributed by atoms with E-state index in [1.54, 1.807) is 14.2 Å². The standard InChI is InChI=1S/C11H25NO4Si/c1-5-12(9-7-11(13)14)8-6-10-17(4,15-2)16-3/h5-10H2,1-4H3,(H,13,14). The molecule has 0 radical (unpaired) electrons. The molecule has 102 valence electrons. The van der Waals surface area contributed by atoms with Crippen molar-refractivity contribution in [1.82, 2.24) is 4.90 Å². The van der Waals surface area contributed by atoms with Gasteiger partial charge in [-0.2, -0.15) is 0 Å². The largest absolute Gasteiger partial charge is 0.481 e. The first kappa shape index (κ1) is 16.6. The van der Waals surface area contributed by atoms with Gasteiger partial charge >= 0.3 is 14.5 Å². The van der Waals surface area contributed by atoms with Crippen molar-refractivity contribution in [3.05, 3.63) is 0 Å². The van der Waals surface area contributed by atoms with Crippen LogP contribution in [0.2, 0.25) is 12.6 Å². The van der Waals surface area contributed by atoms with Gasteiger partial charge in [-0.15, -0.1) is 0 Å². The molecule has 0 atom stereocenters. The topological polar surface area (TPSA) is 59.0 Å². The molecular weight excluding hydrogens is 238 g/mol. The highest BCUT2D eigenvalue weighted by atomic mass is 28.4. The van der Waals surface area contributed by atoms with E-state index in [9.17, 15) is 4.79 Å². The Hall–Kier alpha value is -0.433. The zero-order chi connectivity index (χ0) is 13.3. The third-order valence-electron chi connectivity index (χ3n) is 3.06. The molecule has 0 unspecified atom stereocenters. The highest BCUT2D eigenvalue weighted by Gasteiger charge is 2.27. The van der Waals surface area contributed by atoms with Gasteiger partial charge in [0, 0.05) is 20.8 Å². The molecule has 0 rings (SSSR count). The lowest BCUT2D eigenvalue weighted by Crippen LogP contribution is -2.37. The summed E-state index contributed by atoms with van der Waals surface area (Å²) in [4.78, 5) is 12.6. The van der Waals surface area contributed by atoms with Crippen molar-refractivity contribution in [2.45, 2.75) is 32.4 Å². The lowest BCUT2D eigenvalue weighted by Gasteiger charge is -2.25. The summed E-state index contributed by atoms with van der Waals surface area (Å²) < 4.78 is 10.8. The van der Waals surface area contributed by atoms with Crippen LogP contribution in [0.5, 0.6) is 0 Å². The van der Waals surface area contributed by atoms with Crippen molar-refractivity contribution < 1.29 is 18.8 Å². The summed E-state index contributed by atoms with van der Waals surface area (Å²) in [6, 6.07) is 0.934. The Morgan fingerprint density at radius 3 is 2.29 bits per heavy atom. The molecule has 0 heterocycles. The fourth-order valence-electron chi connectivity index (χ4n) is 1.59. The second-order valence-corrected chi connectivity index (χ2v) is 7.81. The van der Waals surface area contributed by atoms with Gasteiger partial charge < -0.3 is 18.9 Å². The zero-order valence-corrected chi connectivity index (χ0v) is 12.4. The third kappa shape index (κ3) is 7.48. The molecule has 0 saturated heterocycles. The molecule has 0 aromatic rings. The SMILES string of the molecule is CCN(CCC[Si](C)(OC)OC)CCC(=O)O. The minimum absolute atomic E-state index is 0.205. The van der Waals surface area contributed by atoms with Gasteiger partial charge in [0.15, 0.2) is 0 Å². The Kier molecular flexibility index (Phi) is 8.41. The molecule has 0 aliphatic carbocycles. The van der Waals surface area contributed by atoms with Gasteiger partial charge in [-0.05, 0) is 32.1 Å². The number of rotatable bonds is 10. The predicted octanol–water partition coefficient (Wildman–Crippen LogP) is 1.54. The van der Waals surface area contributed by atoms with Crippen molar-refractivity contribution in [1.29, 1.82) is 0 Å². The molecular formula is C11H25NO4Si. The van der Waals surface area contributed by atoms with E-state index in [1.165, 1.54) is 0 Å². The van der Waals surface area contributed by atoms with Crippen LogP contribution in [0.15, 0.2) is 0 Å². The predicted molar refractivity (Wildman–Crippen MR) is 69.4 cm³/mol. The van der Waals surface area contributed by atoms with Crippen molar-refractivity contribution in [3.8, 4) is 0 Å². The van der Waals surface area contributed by atoms with Gasteiger partial charge in [0.25, 0.3) is 0 Å². The van der Waals surface area contributed by atoms with E-state index in [4.69, 9.17) is 14.0 Å². The fourth-order valence-corrected chi connectivity index (χ4v) is 2.97. The number of carboxylic acid groups (broad SMARTS) is 1. The molecule has 0 amide bonds. The smallest absolute Gasteiger partial charge is 0.334 e. The molecule has 0 aliphatic rings. The number of carboxylic acids is 1. The quantitative estimate of drug-likeness (QED) is 0.606. The van der Waals surface area contributed by atoms with Gasteiger partial charge in [0.1, 0.15) is 0 Å². The average Bonchev–Trinajstić information content (AvgIpc) is 2.32. The Bertz CT molecular complexity index is 222. The maximum absolute atomic E-state index is 10.5. The van der Waals surface area contributed by atoms with Crippen molar-refractivity contribution in [3.63, 3.8) is 0 Å². The molecule has 6 heteroatoms. The maximum Gasteiger partial charge on any atom is 0.334 e. The van der Waals surface area contributed by atoms with Gasteiger partial charge in [-0.25, -0.2) is 0 Å². The highest BCUT2D eigenvalue weighted by molar-refractivity contribution is 6.65. The Balaban J connectivity index is 3.86. The van der Waals surface area contributed by atoms with Crippen molar-refractivity contribution >= 4 is 14.5 Å². The first-order valence-corrected chi connectivity index (χ1v) is 8.54. The number of aliphatic carboxylic acids is 1. The first-order chi connectivity index (χ1) is 7.97. The van der Waals surface area contributed by atoms with Crippen molar-refractivity contribution in [2.75, 3.05) is 33.9 Å². The summed E-state index contributed by atoms with van der Waals surface area (Å²) in [5.41, 5.74) is 0. The monoisotopic (exact) mass is 263 g/mol. The summed E-state index contributed by atoms with van der Waals surface area (Å²) in [7, 11) is 1.42.